The van der Waals surface area contributed by atoms with Gasteiger partial charge in [-0.3, -0.25) is 0 Å². The minimum absolute atomic E-state index is 0.191. The molecule has 132 valence electrons. The van der Waals surface area contributed by atoms with E-state index in [1.54, 1.807) is 24.3 Å². The van der Waals surface area contributed by atoms with Crippen LogP contribution in [-0.2, 0) is 9.47 Å². The molecule has 4 N–H and O–H groups in total. The highest BCUT2D eigenvalue weighted by Gasteiger charge is 2.16. The normalized spacial score (nSPS) is 16.4. The van der Waals surface area contributed by atoms with Gasteiger partial charge in [0.1, 0.15) is 12.0 Å². The van der Waals surface area contributed by atoms with Gasteiger partial charge in [0.05, 0.1) is 18.8 Å². The first-order valence-electron chi connectivity index (χ1n) is 8.08. The SMILES string of the molecule is COC(=O)c1ccc(Nc2ncnc(NCC3CCCO3)c2N)cc1. The molecule has 0 saturated carbocycles. The zero-order valence-electron chi connectivity index (χ0n) is 14.0. The number of ether oxygens (including phenoxy) is 2. The van der Waals surface area contributed by atoms with E-state index < -0.39 is 0 Å². The van der Waals surface area contributed by atoms with Crippen LogP contribution in [0.2, 0.25) is 0 Å². The number of benzene rings is 1. The Hall–Kier alpha value is -2.87. The van der Waals surface area contributed by atoms with E-state index >= 15 is 0 Å². The molecule has 1 aliphatic rings. The Morgan fingerprint density at radius 1 is 1.32 bits per heavy atom. The third-order valence-corrected chi connectivity index (χ3v) is 3.97. The van der Waals surface area contributed by atoms with Crippen molar-refractivity contribution in [3.63, 3.8) is 0 Å². The minimum Gasteiger partial charge on any atom is -0.465 e. The van der Waals surface area contributed by atoms with Crippen molar-refractivity contribution >= 4 is 29.0 Å². The van der Waals surface area contributed by atoms with Crippen LogP contribution in [0.25, 0.3) is 0 Å². The molecule has 1 aromatic heterocycles. The van der Waals surface area contributed by atoms with Crippen molar-refractivity contribution in [1.29, 1.82) is 0 Å². The maximum Gasteiger partial charge on any atom is 0.337 e. The minimum atomic E-state index is -0.381. The zero-order chi connectivity index (χ0) is 17.6. The summed E-state index contributed by atoms with van der Waals surface area (Å²) in [5.41, 5.74) is 7.81. The molecule has 1 saturated heterocycles. The van der Waals surface area contributed by atoms with Crippen molar-refractivity contribution in [2.24, 2.45) is 0 Å². The number of rotatable bonds is 6. The highest BCUT2D eigenvalue weighted by Crippen LogP contribution is 2.26. The van der Waals surface area contributed by atoms with E-state index in [2.05, 4.69) is 25.3 Å². The number of nitrogen functional groups attached to an aromatic ring is 1. The number of methoxy groups -OCH3 is 1. The fraction of sp³-hybridized carbons (Fsp3) is 0.353. The number of nitrogens with one attached hydrogen (secondary N) is 2. The van der Waals surface area contributed by atoms with Gasteiger partial charge in [0.2, 0.25) is 0 Å². The quantitative estimate of drug-likeness (QED) is 0.684. The molecule has 0 amide bonds. The molecule has 1 atom stereocenters. The molecule has 2 heterocycles. The summed E-state index contributed by atoms with van der Waals surface area (Å²) in [7, 11) is 1.35. The van der Waals surface area contributed by atoms with E-state index in [-0.39, 0.29) is 12.1 Å². The predicted octanol–water partition coefficient (Wildman–Crippen LogP) is 2.18. The van der Waals surface area contributed by atoms with Gasteiger partial charge in [0.25, 0.3) is 0 Å². The summed E-state index contributed by atoms with van der Waals surface area (Å²) in [6.45, 7) is 1.47. The van der Waals surface area contributed by atoms with Gasteiger partial charge in [0.15, 0.2) is 11.6 Å². The summed E-state index contributed by atoms with van der Waals surface area (Å²) >= 11 is 0. The molecule has 0 bridgehead atoms. The van der Waals surface area contributed by atoms with Crippen LogP contribution in [0.4, 0.5) is 23.0 Å². The van der Waals surface area contributed by atoms with E-state index in [0.717, 1.165) is 25.1 Å². The van der Waals surface area contributed by atoms with Crippen LogP contribution in [0.15, 0.2) is 30.6 Å². The highest BCUT2D eigenvalue weighted by atomic mass is 16.5. The van der Waals surface area contributed by atoms with Crippen LogP contribution < -0.4 is 16.4 Å². The van der Waals surface area contributed by atoms with Crippen molar-refractivity contribution in [3.8, 4) is 0 Å². The highest BCUT2D eigenvalue weighted by molar-refractivity contribution is 5.90. The molecule has 8 heteroatoms. The number of hydrogen-bond donors (Lipinski definition) is 3. The molecule has 25 heavy (non-hydrogen) atoms. The van der Waals surface area contributed by atoms with E-state index in [9.17, 15) is 4.79 Å². The first kappa shape index (κ1) is 17.0. The van der Waals surface area contributed by atoms with E-state index in [1.807, 2.05) is 0 Å². The van der Waals surface area contributed by atoms with E-state index in [4.69, 9.17) is 10.5 Å². The molecule has 1 unspecified atom stereocenters. The van der Waals surface area contributed by atoms with Crippen LogP contribution in [-0.4, -0.2) is 42.3 Å². The predicted molar refractivity (Wildman–Crippen MR) is 95.0 cm³/mol. The van der Waals surface area contributed by atoms with Crippen LogP contribution in [0, 0.1) is 0 Å². The third-order valence-electron chi connectivity index (χ3n) is 3.97. The first-order chi connectivity index (χ1) is 12.2. The average Bonchev–Trinajstić information content (AvgIpc) is 3.16. The Bertz CT molecular complexity index is 730. The maximum atomic E-state index is 11.5. The lowest BCUT2D eigenvalue weighted by molar-refractivity contribution is 0.0601. The van der Waals surface area contributed by atoms with Crippen LogP contribution in [0.3, 0.4) is 0 Å². The van der Waals surface area contributed by atoms with Gasteiger partial charge >= 0.3 is 5.97 Å². The summed E-state index contributed by atoms with van der Waals surface area (Å²) in [6, 6.07) is 6.85. The summed E-state index contributed by atoms with van der Waals surface area (Å²) in [5, 5.41) is 6.34. The fourth-order valence-electron chi connectivity index (χ4n) is 2.60. The summed E-state index contributed by atoms with van der Waals surface area (Å²) in [4.78, 5) is 19.8. The van der Waals surface area contributed by atoms with Gasteiger partial charge < -0.3 is 25.8 Å². The number of nitrogens with zero attached hydrogens (tertiary/aromatic N) is 2. The fourth-order valence-corrected chi connectivity index (χ4v) is 2.60. The lowest BCUT2D eigenvalue weighted by Gasteiger charge is -2.15. The number of carbonyl (C=O) groups excluding carboxylic acids is 1. The summed E-state index contributed by atoms with van der Waals surface area (Å²) < 4.78 is 10.3. The molecule has 0 radical (unpaired) electrons. The molecular weight excluding hydrogens is 322 g/mol. The van der Waals surface area contributed by atoms with Crippen molar-refractivity contribution in [2.45, 2.75) is 18.9 Å². The molecule has 1 fully saturated rings. The molecule has 3 rings (SSSR count). The number of anilines is 4. The lowest BCUT2D eigenvalue weighted by atomic mass is 10.2. The zero-order valence-corrected chi connectivity index (χ0v) is 14.0. The standard InChI is InChI=1S/C17H21N5O3/c1-24-17(23)11-4-6-12(7-5-11)22-16-14(18)15(20-10-21-16)19-9-13-3-2-8-25-13/h4-7,10,13H,2-3,8-9,18H2,1H3,(H2,19,20,21,22). The Morgan fingerprint density at radius 2 is 2.08 bits per heavy atom. The van der Waals surface area contributed by atoms with Gasteiger partial charge in [0, 0.05) is 18.8 Å². The third kappa shape index (κ3) is 4.16. The molecule has 2 aromatic rings. The molecule has 0 aliphatic carbocycles. The number of nitrogens with two attached hydrogens (primary N) is 1. The van der Waals surface area contributed by atoms with E-state index in [0.29, 0.717) is 29.4 Å². The Labute approximate surface area is 145 Å². The molecule has 1 aliphatic heterocycles. The molecule has 8 nitrogen and oxygen atoms in total. The van der Waals surface area contributed by atoms with Gasteiger partial charge in [-0.25, -0.2) is 14.8 Å². The number of aromatic nitrogens is 2. The lowest BCUT2D eigenvalue weighted by Crippen LogP contribution is -2.20. The summed E-state index contributed by atoms with van der Waals surface area (Å²) in [5.74, 6) is 0.684. The van der Waals surface area contributed by atoms with Gasteiger partial charge in [-0.1, -0.05) is 0 Å². The maximum absolute atomic E-state index is 11.5. The van der Waals surface area contributed by atoms with Crippen molar-refractivity contribution < 1.29 is 14.3 Å². The molecule has 0 spiro atoms. The molecule has 1 aromatic carbocycles. The van der Waals surface area contributed by atoms with Crippen molar-refractivity contribution in [2.75, 3.05) is 36.6 Å². The number of hydrogen-bond acceptors (Lipinski definition) is 8. The van der Waals surface area contributed by atoms with E-state index in [1.165, 1.54) is 13.4 Å². The van der Waals surface area contributed by atoms with Crippen LogP contribution in [0.5, 0.6) is 0 Å². The average molecular weight is 343 g/mol. The number of esters is 1. The van der Waals surface area contributed by atoms with Crippen LogP contribution in [0.1, 0.15) is 23.2 Å². The Kier molecular flexibility index (Phi) is 5.30. The summed E-state index contributed by atoms with van der Waals surface area (Å²) in [6.07, 6.45) is 3.76. The largest absolute Gasteiger partial charge is 0.465 e. The van der Waals surface area contributed by atoms with Crippen molar-refractivity contribution in [1.82, 2.24) is 9.97 Å². The van der Waals surface area contributed by atoms with Crippen molar-refractivity contribution in [3.05, 3.63) is 36.2 Å². The second-order valence-corrected chi connectivity index (χ2v) is 5.69. The topological polar surface area (TPSA) is 111 Å². The monoisotopic (exact) mass is 343 g/mol. The second kappa shape index (κ2) is 7.80. The number of carbonyl (C=O) groups is 1. The van der Waals surface area contributed by atoms with Gasteiger partial charge in [-0.15, -0.1) is 0 Å². The second-order valence-electron chi connectivity index (χ2n) is 5.69. The first-order valence-corrected chi connectivity index (χ1v) is 8.08. The van der Waals surface area contributed by atoms with Gasteiger partial charge in [-0.05, 0) is 37.1 Å². The smallest absolute Gasteiger partial charge is 0.337 e. The Morgan fingerprint density at radius 3 is 2.76 bits per heavy atom. The van der Waals surface area contributed by atoms with Crippen LogP contribution >= 0.6 is 0 Å². The van der Waals surface area contributed by atoms with Gasteiger partial charge in [-0.2, -0.15) is 0 Å². The Balaban J connectivity index is 1.67. The molecular formula is C17H21N5O3.